The normalized spacial score (nSPS) is 16.2. The molecule has 41 heavy (non-hydrogen) atoms. The Morgan fingerprint density at radius 1 is 1.12 bits per heavy atom. The van der Waals surface area contributed by atoms with Crippen molar-refractivity contribution in [2.24, 2.45) is 0 Å². The molecule has 3 aromatic heterocycles. The second-order valence-electron chi connectivity index (χ2n) is 11.0. The van der Waals surface area contributed by atoms with Crippen molar-refractivity contribution in [3.8, 4) is 0 Å². The minimum atomic E-state index is -3.35. The van der Waals surface area contributed by atoms with E-state index in [9.17, 15) is 13.2 Å². The van der Waals surface area contributed by atoms with Crippen molar-refractivity contribution in [1.29, 1.82) is 0 Å². The summed E-state index contributed by atoms with van der Waals surface area (Å²) in [5.41, 5.74) is 4.23. The highest BCUT2D eigenvalue weighted by Crippen LogP contribution is 2.30. The van der Waals surface area contributed by atoms with Gasteiger partial charge in [-0.05, 0) is 58.3 Å². The van der Waals surface area contributed by atoms with E-state index in [1.807, 2.05) is 46.6 Å². The van der Waals surface area contributed by atoms with E-state index in [1.54, 1.807) is 6.20 Å². The van der Waals surface area contributed by atoms with Crippen molar-refractivity contribution in [3.05, 3.63) is 53.7 Å². The molecule has 1 aliphatic heterocycles. The number of rotatable bonds is 13. The van der Waals surface area contributed by atoms with Crippen LogP contribution in [0.25, 0.3) is 16.6 Å². The lowest BCUT2D eigenvalue weighted by Crippen LogP contribution is -2.17. The molecule has 4 heterocycles. The number of hydrogen-bond donors (Lipinski definition) is 1. The number of imidazole rings is 1. The standard InChI is InChI=1S/C29H39N7O4S/c1-21-23-13-12-22(17-26(23)36(33-21)15-8-6-4-5-7-9-16-40-41(3,38)39)29(37)32-27-20-35-19-24(31-28(35)18-30-27)25-11-10-14-34(25)2/h12-13,17-20,25H,4-11,14-16H2,1-3H3,(H,32,37)/t25-/m1/s1. The second-order valence-corrected chi connectivity index (χ2v) is 12.6. The van der Waals surface area contributed by atoms with Gasteiger partial charge in [0.05, 0.1) is 48.2 Å². The molecule has 0 spiro atoms. The molecule has 5 rings (SSSR count). The average Bonchev–Trinajstić information content (AvgIpc) is 3.63. The van der Waals surface area contributed by atoms with Crippen LogP contribution in [0.4, 0.5) is 5.82 Å². The lowest BCUT2D eigenvalue weighted by molar-refractivity contribution is 0.102. The lowest BCUT2D eigenvalue weighted by Gasteiger charge is -2.16. The van der Waals surface area contributed by atoms with Crippen molar-refractivity contribution < 1.29 is 17.4 Å². The molecule has 1 saturated heterocycles. The van der Waals surface area contributed by atoms with Crippen LogP contribution < -0.4 is 5.32 Å². The summed E-state index contributed by atoms with van der Waals surface area (Å²) in [5.74, 6) is 0.249. The fourth-order valence-corrected chi connectivity index (χ4v) is 5.97. The maximum absolute atomic E-state index is 13.2. The summed E-state index contributed by atoms with van der Waals surface area (Å²) >= 11 is 0. The van der Waals surface area contributed by atoms with Gasteiger partial charge < -0.3 is 9.72 Å². The summed E-state index contributed by atoms with van der Waals surface area (Å²) in [6.07, 6.45) is 14.7. The van der Waals surface area contributed by atoms with Gasteiger partial charge in [-0.15, -0.1) is 0 Å². The van der Waals surface area contributed by atoms with Gasteiger partial charge in [0.15, 0.2) is 5.65 Å². The third kappa shape index (κ3) is 7.30. The molecule has 11 nitrogen and oxygen atoms in total. The van der Waals surface area contributed by atoms with Crippen molar-refractivity contribution in [2.45, 2.75) is 70.9 Å². The number of aromatic nitrogens is 5. The average molecular weight is 582 g/mol. The van der Waals surface area contributed by atoms with E-state index in [2.05, 4.69) is 22.2 Å². The van der Waals surface area contributed by atoms with Crippen LogP contribution in [0.1, 0.15) is 79.2 Å². The van der Waals surface area contributed by atoms with E-state index in [1.165, 1.54) is 6.42 Å². The van der Waals surface area contributed by atoms with Gasteiger partial charge in [-0.2, -0.15) is 13.5 Å². The smallest absolute Gasteiger partial charge is 0.264 e. The zero-order chi connectivity index (χ0) is 29.0. The molecule has 1 N–H and O–H groups in total. The molecule has 12 heteroatoms. The monoisotopic (exact) mass is 581 g/mol. The van der Waals surface area contributed by atoms with Crippen LogP contribution in [0.15, 0.2) is 36.8 Å². The molecule has 1 aromatic carbocycles. The van der Waals surface area contributed by atoms with Crippen LogP contribution in [-0.2, 0) is 20.8 Å². The highest BCUT2D eigenvalue weighted by atomic mass is 32.2. The lowest BCUT2D eigenvalue weighted by atomic mass is 10.1. The zero-order valence-corrected chi connectivity index (χ0v) is 24.9. The number of carbonyl (C=O) groups excluding carboxylic acids is 1. The fourth-order valence-electron chi connectivity index (χ4n) is 5.55. The maximum atomic E-state index is 13.2. The molecule has 1 amide bonds. The van der Waals surface area contributed by atoms with Crippen LogP contribution in [0.3, 0.4) is 0 Å². The summed E-state index contributed by atoms with van der Waals surface area (Å²) in [7, 11) is -1.22. The van der Waals surface area contributed by atoms with Gasteiger partial charge in [0.1, 0.15) is 5.82 Å². The first-order valence-electron chi connectivity index (χ1n) is 14.4. The van der Waals surface area contributed by atoms with Crippen LogP contribution in [0, 0.1) is 6.92 Å². The van der Waals surface area contributed by atoms with Gasteiger partial charge in [-0.25, -0.2) is 9.97 Å². The fraction of sp³-hybridized carbons (Fsp3) is 0.517. The minimum Gasteiger partial charge on any atom is -0.305 e. The Kier molecular flexibility index (Phi) is 9.00. The number of nitrogens with zero attached hydrogens (tertiary/aromatic N) is 6. The number of fused-ring (bicyclic) bond motifs is 2. The topological polar surface area (TPSA) is 124 Å². The van der Waals surface area contributed by atoms with Gasteiger partial charge in [0.25, 0.3) is 16.0 Å². The highest BCUT2D eigenvalue weighted by molar-refractivity contribution is 7.85. The van der Waals surface area contributed by atoms with E-state index >= 15 is 0 Å². The number of anilines is 1. The Hall–Kier alpha value is -3.35. The van der Waals surface area contributed by atoms with Crippen molar-refractivity contribution >= 4 is 38.4 Å². The Morgan fingerprint density at radius 2 is 1.90 bits per heavy atom. The first kappa shape index (κ1) is 29.2. The summed E-state index contributed by atoms with van der Waals surface area (Å²) in [5, 5.41) is 8.69. The van der Waals surface area contributed by atoms with Gasteiger partial charge >= 0.3 is 0 Å². The number of nitrogens with one attached hydrogen (secondary N) is 1. The predicted octanol–water partition coefficient (Wildman–Crippen LogP) is 4.72. The predicted molar refractivity (Wildman–Crippen MR) is 159 cm³/mol. The number of amides is 1. The molecule has 1 aliphatic rings. The third-order valence-corrected chi connectivity index (χ3v) is 8.32. The Bertz CT molecular complexity index is 1630. The first-order chi connectivity index (χ1) is 19.7. The number of unbranched alkanes of at least 4 members (excludes halogenated alkanes) is 5. The molecule has 0 saturated carbocycles. The summed E-state index contributed by atoms with van der Waals surface area (Å²) in [6, 6.07) is 6.00. The highest BCUT2D eigenvalue weighted by Gasteiger charge is 2.25. The van der Waals surface area contributed by atoms with Crippen molar-refractivity contribution in [2.75, 3.05) is 31.8 Å². The molecule has 1 fully saturated rings. The number of aryl methyl sites for hydroxylation is 2. The van der Waals surface area contributed by atoms with E-state index < -0.39 is 10.1 Å². The second kappa shape index (κ2) is 12.7. The molecule has 220 valence electrons. The largest absolute Gasteiger partial charge is 0.305 e. The van der Waals surface area contributed by atoms with Gasteiger partial charge in [-0.1, -0.05) is 31.7 Å². The first-order valence-corrected chi connectivity index (χ1v) is 16.2. The molecule has 0 unspecified atom stereocenters. The van der Waals surface area contributed by atoms with Crippen LogP contribution >= 0.6 is 0 Å². The Labute approximate surface area is 241 Å². The van der Waals surface area contributed by atoms with Gasteiger partial charge in [0, 0.05) is 23.7 Å². The number of hydrogen-bond acceptors (Lipinski definition) is 8. The number of benzene rings is 1. The maximum Gasteiger partial charge on any atom is 0.264 e. The molecule has 0 radical (unpaired) electrons. The molecule has 0 bridgehead atoms. The van der Waals surface area contributed by atoms with Crippen LogP contribution in [0.2, 0.25) is 0 Å². The van der Waals surface area contributed by atoms with E-state index in [0.717, 1.165) is 92.2 Å². The van der Waals surface area contributed by atoms with E-state index in [4.69, 9.17) is 14.3 Å². The van der Waals surface area contributed by atoms with Crippen LogP contribution in [-0.4, -0.2) is 69.8 Å². The summed E-state index contributed by atoms with van der Waals surface area (Å²) in [6.45, 7) is 4.08. The zero-order valence-electron chi connectivity index (χ0n) is 24.0. The summed E-state index contributed by atoms with van der Waals surface area (Å²) < 4.78 is 30.7. The molecule has 4 aromatic rings. The molecular formula is C29H39N7O4S. The van der Waals surface area contributed by atoms with E-state index in [-0.39, 0.29) is 12.5 Å². The van der Waals surface area contributed by atoms with Crippen LogP contribution in [0.5, 0.6) is 0 Å². The van der Waals surface area contributed by atoms with Gasteiger partial charge in [0.2, 0.25) is 0 Å². The SMILES string of the molecule is Cc1nn(CCCCCCCCOS(C)(=O)=O)c2cc(C(=O)Nc3cn4cc([C@H]5CCCN5C)nc4cn3)ccc12. The summed E-state index contributed by atoms with van der Waals surface area (Å²) in [4.78, 5) is 24.7. The molecule has 1 atom stereocenters. The van der Waals surface area contributed by atoms with Crippen molar-refractivity contribution in [3.63, 3.8) is 0 Å². The van der Waals surface area contributed by atoms with Crippen molar-refractivity contribution in [1.82, 2.24) is 29.0 Å². The third-order valence-electron chi connectivity index (χ3n) is 7.72. The van der Waals surface area contributed by atoms with E-state index in [0.29, 0.717) is 17.4 Å². The quantitative estimate of drug-likeness (QED) is 0.178. The Balaban J connectivity index is 1.17. The molecule has 0 aliphatic carbocycles. The van der Waals surface area contributed by atoms with Gasteiger partial charge in [-0.3, -0.25) is 18.6 Å². The Morgan fingerprint density at radius 3 is 2.66 bits per heavy atom. The minimum absolute atomic E-state index is 0.222. The number of likely N-dealkylation sites (tertiary alicyclic amines) is 1. The molecular weight excluding hydrogens is 542 g/mol. The number of carbonyl (C=O) groups is 1.